The van der Waals surface area contributed by atoms with Crippen molar-refractivity contribution in [1.82, 2.24) is 10.6 Å². The van der Waals surface area contributed by atoms with Gasteiger partial charge in [-0.2, -0.15) is 11.8 Å². The highest BCUT2D eigenvalue weighted by atomic mass is 32.2. The minimum Gasteiger partial charge on any atom is -0.465 e. The Bertz CT molecular complexity index is 242. The van der Waals surface area contributed by atoms with E-state index in [1.807, 2.05) is 11.8 Å². The van der Waals surface area contributed by atoms with E-state index >= 15 is 0 Å². The Labute approximate surface area is 99.7 Å². The average Bonchev–Trinajstić information content (AvgIpc) is 2.28. The fourth-order valence-corrected chi connectivity index (χ4v) is 2.55. The molecule has 0 bridgehead atoms. The van der Waals surface area contributed by atoms with E-state index in [0.717, 1.165) is 24.3 Å². The van der Waals surface area contributed by atoms with Gasteiger partial charge in [-0.15, -0.1) is 0 Å². The van der Waals surface area contributed by atoms with E-state index in [0.29, 0.717) is 6.61 Å². The highest BCUT2D eigenvalue weighted by molar-refractivity contribution is 7.99. The molecule has 0 aliphatic carbocycles. The Kier molecular flexibility index (Phi) is 6.07. The van der Waals surface area contributed by atoms with Gasteiger partial charge in [0.15, 0.2) is 0 Å². The summed E-state index contributed by atoms with van der Waals surface area (Å²) >= 11 is 1.90. The first kappa shape index (κ1) is 13.2. The van der Waals surface area contributed by atoms with Crippen molar-refractivity contribution in [2.24, 2.45) is 0 Å². The Morgan fingerprint density at radius 2 is 2.06 bits per heavy atom. The van der Waals surface area contributed by atoms with E-state index in [-0.39, 0.29) is 18.6 Å². The number of thioether (sulfide) groups is 1. The number of amides is 2. The zero-order valence-corrected chi connectivity index (χ0v) is 10.3. The fourth-order valence-electron chi connectivity index (χ4n) is 1.44. The van der Waals surface area contributed by atoms with Crippen LogP contribution < -0.4 is 10.6 Å². The van der Waals surface area contributed by atoms with Gasteiger partial charge in [0.2, 0.25) is 0 Å². The Morgan fingerprint density at radius 1 is 1.38 bits per heavy atom. The molecule has 5 nitrogen and oxygen atoms in total. The van der Waals surface area contributed by atoms with E-state index in [2.05, 4.69) is 10.6 Å². The summed E-state index contributed by atoms with van der Waals surface area (Å²) in [7, 11) is 0. The molecule has 6 heteroatoms. The lowest BCUT2D eigenvalue weighted by Gasteiger charge is -2.22. The first-order valence-corrected chi connectivity index (χ1v) is 6.65. The molecule has 1 aliphatic heterocycles. The van der Waals surface area contributed by atoms with Crippen molar-refractivity contribution in [3.8, 4) is 0 Å². The van der Waals surface area contributed by atoms with Crippen LogP contribution in [0.1, 0.15) is 19.8 Å². The van der Waals surface area contributed by atoms with Gasteiger partial charge in [-0.25, -0.2) is 4.79 Å². The van der Waals surface area contributed by atoms with Crippen LogP contribution in [0.2, 0.25) is 0 Å². The lowest BCUT2D eigenvalue weighted by molar-refractivity contribution is -0.141. The minimum absolute atomic E-state index is 0.0683. The van der Waals surface area contributed by atoms with Crippen LogP contribution in [-0.4, -0.2) is 42.7 Å². The highest BCUT2D eigenvalue weighted by Crippen LogP contribution is 2.16. The van der Waals surface area contributed by atoms with Gasteiger partial charge in [0.25, 0.3) is 0 Å². The zero-order chi connectivity index (χ0) is 11.8. The smallest absolute Gasteiger partial charge is 0.325 e. The topological polar surface area (TPSA) is 67.4 Å². The van der Waals surface area contributed by atoms with E-state index < -0.39 is 5.97 Å². The molecule has 0 unspecified atom stereocenters. The lowest BCUT2D eigenvalue weighted by Crippen LogP contribution is -2.45. The van der Waals surface area contributed by atoms with Crippen molar-refractivity contribution in [3.05, 3.63) is 0 Å². The zero-order valence-electron chi connectivity index (χ0n) is 9.45. The van der Waals surface area contributed by atoms with E-state index in [4.69, 9.17) is 4.74 Å². The van der Waals surface area contributed by atoms with Crippen molar-refractivity contribution >= 4 is 23.8 Å². The molecule has 92 valence electrons. The quantitative estimate of drug-likeness (QED) is 0.718. The van der Waals surface area contributed by atoms with Gasteiger partial charge in [-0.05, 0) is 31.3 Å². The normalized spacial score (nSPS) is 16.6. The van der Waals surface area contributed by atoms with Gasteiger partial charge in [0.1, 0.15) is 6.54 Å². The molecule has 0 aromatic carbocycles. The van der Waals surface area contributed by atoms with Crippen LogP contribution >= 0.6 is 11.8 Å². The molecule has 2 N–H and O–H groups in total. The largest absolute Gasteiger partial charge is 0.465 e. The number of ether oxygens (including phenoxy) is 1. The third-order valence-electron chi connectivity index (χ3n) is 2.26. The summed E-state index contributed by atoms with van der Waals surface area (Å²) in [5, 5.41) is 5.33. The van der Waals surface area contributed by atoms with Crippen molar-refractivity contribution in [2.75, 3.05) is 24.7 Å². The number of carbonyl (C=O) groups excluding carboxylic acids is 2. The van der Waals surface area contributed by atoms with E-state index in [9.17, 15) is 9.59 Å². The number of hydrogen-bond acceptors (Lipinski definition) is 4. The Morgan fingerprint density at radius 3 is 2.69 bits per heavy atom. The first-order valence-electron chi connectivity index (χ1n) is 5.50. The molecule has 0 saturated carbocycles. The van der Waals surface area contributed by atoms with Gasteiger partial charge in [-0.1, -0.05) is 0 Å². The number of carbonyl (C=O) groups is 2. The number of hydrogen-bond donors (Lipinski definition) is 2. The van der Waals surface area contributed by atoms with Crippen molar-refractivity contribution < 1.29 is 14.3 Å². The van der Waals surface area contributed by atoms with Crippen LogP contribution in [0, 0.1) is 0 Å². The van der Waals surface area contributed by atoms with Gasteiger partial charge >= 0.3 is 12.0 Å². The lowest BCUT2D eigenvalue weighted by atomic mass is 10.2. The van der Waals surface area contributed by atoms with Crippen LogP contribution in [0.25, 0.3) is 0 Å². The monoisotopic (exact) mass is 246 g/mol. The van der Waals surface area contributed by atoms with Crippen LogP contribution in [0.15, 0.2) is 0 Å². The maximum Gasteiger partial charge on any atom is 0.325 e. The summed E-state index contributed by atoms with van der Waals surface area (Å²) in [5.41, 5.74) is 0. The number of urea groups is 1. The van der Waals surface area contributed by atoms with Crippen molar-refractivity contribution in [2.45, 2.75) is 25.8 Å². The average molecular weight is 246 g/mol. The molecule has 1 heterocycles. The third kappa shape index (κ3) is 5.25. The second-order valence-corrected chi connectivity index (χ2v) is 4.74. The molecular formula is C10H18N2O3S. The van der Waals surface area contributed by atoms with E-state index in [1.165, 1.54) is 0 Å². The molecule has 16 heavy (non-hydrogen) atoms. The first-order chi connectivity index (χ1) is 7.72. The molecule has 1 rings (SSSR count). The second-order valence-electron chi connectivity index (χ2n) is 3.52. The SMILES string of the molecule is CCOC(=O)CNC(=O)NC1CCSCC1. The van der Waals surface area contributed by atoms with Crippen molar-refractivity contribution in [1.29, 1.82) is 0 Å². The summed E-state index contributed by atoms with van der Waals surface area (Å²) in [4.78, 5) is 22.4. The van der Waals surface area contributed by atoms with Crippen LogP contribution in [0.3, 0.4) is 0 Å². The summed E-state index contributed by atoms with van der Waals surface area (Å²) in [6.07, 6.45) is 2.00. The minimum atomic E-state index is -0.406. The third-order valence-corrected chi connectivity index (χ3v) is 3.30. The summed E-state index contributed by atoms with van der Waals surface area (Å²) in [5.74, 6) is 1.77. The molecule has 0 spiro atoms. The van der Waals surface area contributed by atoms with E-state index in [1.54, 1.807) is 6.92 Å². The summed E-state index contributed by atoms with van der Waals surface area (Å²) < 4.78 is 4.70. The fraction of sp³-hybridized carbons (Fsp3) is 0.800. The molecule has 1 aliphatic rings. The number of esters is 1. The van der Waals surface area contributed by atoms with Crippen LogP contribution in [-0.2, 0) is 9.53 Å². The van der Waals surface area contributed by atoms with Crippen molar-refractivity contribution in [3.63, 3.8) is 0 Å². The van der Waals surface area contributed by atoms with Crippen LogP contribution in [0.5, 0.6) is 0 Å². The standard InChI is InChI=1S/C10H18N2O3S/c1-2-15-9(13)7-11-10(14)12-8-3-5-16-6-4-8/h8H,2-7H2,1H3,(H2,11,12,14). The highest BCUT2D eigenvalue weighted by Gasteiger charge is 2.16. The molecular weight excluding hydrogens is 228 g/mol. The van der Waals surface area contributed by atoms with Gasteiger partial charge < -0.3 is 15.4 Å². The summed E-state index contributed by atoms with van der Waals surface area (Å²) in [6.45, 7) is 2.00. The molecule has 1 saturated heterocycles. The molecule has 0 radical (unpaired) electrons. The Hall–Kier alpha value is -0.910. The summed E-state index contributed by atoms with van der Waals surface area (Å²) in [6, 6.07) is -0.0478. The van der Waals surface area contributed by atoms with Gasteiger partial charge in [-0.3, -0.25) is 4.79 Å². The molecule has 0 aromatic heterocycles. The van der Waals surface area contributed by atoms with Crippen LogP contribution in [0.4, 0.5) is 4.79 Å². The Balaban J connectivity index is 2.12. The molecule has 2 amide bonds. The van der Waals surface area contributed by atoms with Gasteiger partial charge in [0.05, 0.1) is 6.61 Å². The maximum atomic E-state index is 11.4. The predicted molar refractivity (Wildman–Crippen MR) is 63.5 cm³/mol. The molecule has 1 fully saturated rings. The number of nitrogens with one attached hydrogen (secondary N) is 2. The molecule has 0 aromatic rings. The molecule has 0 atom stereocenters. The maximum absolute atomic E-state index is 11.4. The van der Waals surface area contributed by atoms with Gasteiger partial charge in [0, 0.05) is 6.04 Å². The second kappa shape index (κ2) is 7.38. The predicted octanol–water partition coefficient (Wildman–Crippen LogP) is 0.744. The number of rotatable bonds is 4.